The van der Waals surface area contributed by atoms with Gasteiger partial charge in [0.1, 0.15) is 11.2 Å². The van der Waals surface area contributed by atoms with Gasteiger partial charge in [-0.3, -0.25) is 4.40 Å². The fraction of sp³-hybridized carbons (Fsp3) is 0.250. The van der Waals surface area contributed by atoms with Crippen LogP contribution in [0.3, 0.4) is 0 Å². The van der Waals surface area contributed by atoms with Gasteiger partial charge in [-0.1, -0.05) is 39.0 Å². The van der Waals surface area contributed by atoms with E-state index in [1.165, 1.54) is 5.56 Å². The number of fused-ring (bicyclic) bond motifs is 5. The summed E-state index contributed by atoms with van der Waals surface area (Å²) in [4.78, 5) is 12.6. The van der Waals surface area contributed by atoms with Crippen LogP contribution in [0, 0.1) is 0 Å². The molecule has 20 heavy (non-hydrogen) atoms. The van der Waals surface area contributed by atoms with E-state index in [0.29, 0.717) is 0 Å². The second-order valence-electron chi connectivity index (χ2n) is 6.24. The van der Waals surface area contributed by atoms with Gasteiger partial charge >= 0.3 is 0 Å². The van der Waals surface area contributed by atoms with E-state index in [9.17, 15) is 0 Å². The van der Waals surface area contributed by atoms with Crippen LogP contribution in [0.4, 0.5) is 0 Å². The summed E-state index contributed by atoms with van der Waals surface area (Å²) in [5, 5.41) is 1.14. The van der Waals surface area contributed by atoms with E-state index in [0.717, 1.165) is 27.8 Å². The molecule has 0 spiro atoms. The Morgan fingerprint density at radius 2 is 1.95 bits per heavy atom. The normalized spacial score (nSPS) is 12.8. The molecular weight excluding hydrogens is 248 g/mol. The van der Waals surface area contributed by atoms with Crippen molar-refractivity contribution in [3.8, 4) is 0 Å². The molecule has 0 aliphatic carbocycles. The van der Waals surface area contributed by atoms with Gasteiger partial charge in [0.25, 0.3) is 0 Å². The molecule has 0 fully saturated rings. The molecule has 0 bridgehead atoms. The Kier molecular flexibility index (Phi) is 2.06. The highest BCUT2D eigenvalue weighted by Crippen LogP contribution is 2.27. The zero-order valence-electron chi connectivity index (χ0n) is 11.8. The minimum Gasteiger partial charge on any atom is -0.339 e. The number of hydrogen-bond acceptors (Lipinski definition) is 2. The summed E-state index contributed by atoms with van der Waals surface area (Å²) in [7, 11) is 0. The van der Waals surface area contributed by atoms with Crippen LogP contribution in [0.5, 0.6) is 0 Å². The van der Waals surface area contributed by atoms with Crippen molar-refractivity contribution in [2.45, 2.75) is 26.2 Å². The molecule has 3 heterocycles. The van der Waals surface area contributed by atoms with Crippen LogP contribution < -0.4 is 0 Å². The molecule has 1 N–H and O–H groups in total. The van der Waals surface area contributed by atoms with E-state index in [-0.39, 0.29) is 5.41 Å². The molecule has 0 aliphatic rings. The van der Waals surface area contributed by atoms with Crippen molar-refractivity contribution in [2.75, 3.05) is 0 Å². The zero-order valence-corrected chi connectivity index (χ0v) is 11.8. The molecule has 0 amide bonds. The van der Waals surface area contributed by atoms with Gasteiger partial charge in [0.05, 0.1) is 0 Å². The maximum atomic E-state index is 4.65. The van der Waals surface area contributed by atoms with Crippen molar-refractivity contribution in [2.24, 2.45) is 0 Å². The Morgan fingerprint density at radius 1 is 1.15 bits per heavy atom. The Morgan fingerprint density at radius 3 is 2.75 bits per heavy atom. The predicted molar refractivity (Wildman–Crippen MR) is 81.0 cm³/mol. The zero-order chi connectivity index (χ0) is 13.9. The number of benzene rings is 1. The maximum absolute atomic E-state index is 4.65. The molecule has 4 rings (SSSR count). The average molecular weight is 264 g/mol. The third kappa shape index (κ3) is 1.48. The third-order valence-corrected chi connectivity index (χ3v) is 3.78. The lowest BCUT2D eigenvalue weighted by Gasteiger charge is -2.18. The lowest BCUT2D eigenvalue weighted by atomic mass is 9.89. The first-order valence-corrected chi connectivity index (χ1v) is 6.79. The van der Waals surface area contributed by atoms with E-state index in [1.807, 2.05) is 18.3 Å². The first kappa shape index (κ1) is 11.5. The number of imidazole rings is 1. The summed E-state index contributed by atoms with van der Waals surface area (Å²) in [6, 6.07) is 8.23. The van der Waals surface area contributed by atoms with Gasteiger partial charge in [-0.15, -0.1) is 0 Å². The first-order chi connectivity index (χ1) is 9.54. The van der Waals surface area contributed by atoms with E-state index in [1.54, 1.807) is 0 Å². The number of aromatic amines is 1. The van der Waals surface area contributed by atoms with Crippen molar-refractivity contribution in [1.29, 1.82) is 0 Å². The van der Waals surface area contributed by atoms with Crippen LogP contribution in [0.15, 0.2) is 36.7 Å². The number of nitrogens with zero attached hydrogens (tertiary/aromatic N) is 3. The van der Waals surface area contributed by atoms with Crippen LogP contribution >= 0.6 is 0 Å². The molecule has 0 atom stereocenters. The van der Waals surface area contributed by atoms with Gasteiger partial charge in [0, 0.05) is 23.3 Å². The summed E-state index contributed by atoms with van der Waals surface area (Å²) in [5.41, 5.74) is 4.38. The fourth-order valence-corrected chi connectivity index (χ4v) is 2.55. The second-order valence-corrected chi connectivity index (χ2v) is 6.24. The standard InChI is InChI=1S/C16H16N4/c1-16(2,3)10-8-17-15-19-13-11-6-4-5-7-12(11)18-14(13)20(15)9-10/h4-9,18H,1-3H3. The Labute approximate surface area is 116 Å². The van der Waals surface area contributed by atoms with E-state index < -0.39 is 0 Å². The fourth-order valence-electron chi connectivity index (χ4n) is 2.55. The van der Waals surface area contributed by atoms with Crippen molar-refractivity contribution in [3.63, 3.8) is 0 Å². The topological polar surface area (TPSA) is 46.0 Å². The number of para-hydroxylation sites is 1. The Balaban J connectivity index is 2.13. The molecule has 4 aromatic rings. The van der Waals surface area contributed by atoms with Gasteiger partial charge in [0.15, 0.2) is 0 Å². The van der Waals surface area contributed by atoms with Crippen molar-refractivity contribution in [3.05, 3.63) is 42.2 Å². The third-order valence-electron chi connectivity index (χ3n) is 3.78. The maximum Gasteiger partial charge on any atom is 0.236 e. The lowest BCUT2D eigenvalue weighted by molar-refractivity contribution is 0.583. The van der Waals surface area contributed by atoms with E-state index in [4.69, 9.17) is 0 Å². The highest BCUT2D eigenvalue weighted by molar-refractivity contribution is 6.04. The summed E-state index contributed by atoms with van der Waals surface area (Å²) >= 11 is 0. The number of hydrogen-bond donors (Lipinski definition) is 1. The van der Waals surface area contributed by atoms with Crippen molar-refractivity contribution >= 4 is 27.8 Å². The molecule has 1 aromatic carbocycles. The van der Waals surface area contributed by atoms with Gasteiger partial charge in [-0.2, -0.15) is 0 Å². The van der Waals surface area contributed by atoms with Crippen molar-refractivity contribution < 1.29 is 0 Å². The summed E-state index contributed by atoms with van der Waals surface area (Å²) in [6.45, 7) is 6.57. The molecule has 4 nitrogen and oxygen atoms in total. The van der Waals surface area contributed by atoms with Gasteiger partial charge in [-0.25, -0.2) is 9.97 Å². The molecule has 0 saturated heterocycles. The predicted octanol–water partition coefficient (Wildman–Crippen LogP) is 3.66. The molecule has 0 unspecified atom stereocenters. The van der Waals surface area contributed by atoms with Gasteiger partial charge < -0.3 is 4.98 Å². The monoisotopic (exact) mass is 264 g/mol. The van der Waals surface area contributed by atoms with Crippen LogP contribution in [-0.4, -0.2) is 19.4 Å². The molecular formula is C16H16N4. The summed E-state index contributed by atoms with van der Waals surface area (Å²) in [6.07, 6.45) is 4.05. The molecule has 0 saturated carbocycles. The van der Waals surface area contributed by atoms with E-state index >= 15 is 0 Å². The largest absolute Gasteiger partial charge is 0.339 e. The summed E-state index contributed by atoms with van der Waals surface area (Å²) < 4.78 is 2.05. The molecule has 3 aromatic heterocycles. The molecule has 4 heteroatoms. The van der Waals surface area contributed by atoms with Gasteiger partial charge in [-0.05, 0) is 17.0 Å². The number of H-pyrrole nitrogens is 1. The number of nitrogens with one attached hydrogen (secondary N) is 1. The minimum atomic E-state index is 0.0732. The average Bonchev–Trinajstić information content (AvgIpc) is 2.93. The van der Waals surface area contributed by atoms with Crippen LogP contribution in [-0.2, 0) is 5.41 Å². The lowest BCUT2D eigenvalue weighted by Crippen LogP contribution is -2.12. The SMILES string of the molecule is CC(C)(C)c1cnc2nc3c4ccccc4[nH]c3n2c1. The van der Waals surface area contributed by atoms with Crippen molar-refractivity contribution in [1.82, 2.24) is 19.4 Å². The molecule has 0 aliphatic heterocycles. The van der Waals surface area contributed by atoms with Crippen LogP contribution in [0.1, 0.15) is 26.3 Å². The minimum absolute atomic E-state index is 0.0732. The van der Waals surface area contributed by atoms with Crippen LogP contribution in [0.2, 0.25) is 0 Å². The first-order valence-electron chi connectivity index (χ1n) is 6.79. The Hall–Kier alpha value is -2.36. The van der Waals surface area contributed by atoms with E-state index in [2.05, 4.69) is 58.5 Å². The second kappa shape index (κ2) is 3.60. The quantitative estimate of drug-likeness (QED) is 0.527. The number of rotatable bonds is 0. The van der Waals surface area contributed by atoms with Crippen LogP contribution in [0.25, 0.3) is 27.8 Å². The summed E-state index contributed by atoms with van der Waals surface area (Å²) in [5.74, 6) is 0.741. The smallest absolute Gasteiger partial charge is 0.236 e. The molecule has 100 valence electrons. The Bertz CT molecular complexity index is 937. The highest BCUT2D eigenvalue weighted by atomic mass is 15.1. The highest BCUT2D eigenvalue weighted by Gasteiger charge is 2.17. The van der Waals surface area contributed by atoms with Gasteiger partial charge in [0.2, 0.25) is 5.78 Å². The number of aromatic nitrogens is 4. The molecule has 0 radical (unpaired) electrons.